The van der Waals surface area contributed by atoms with Gasteiger partial charge in [0.1, 0.15) is 0 Å². The van der Waals surface area contributed by atoms with Crippen LogP contribution in [0, 0.1) is 0 Å². The quantitative estimate of drug-likeness (QED) is 0.291. The minimum absolute atomic E-state index is 0.0161. The van der Waals surface area contributed by atoms with Gasteiger partial charge in [-0.3, -0.25) is 4.90 Å². The first-order valence-corrected chi connectivity index (χ1v) is 14.1. The molecule has 18 heteroatoms. The number of benzene rings is 2. The molecule has 250 valence electrons. The van der Waals surface area contributed by atoms with Gasteiger partial charge < -0.3 is 15.0 Å². The van der Waals surface area contributed by atoms with Gasteiger partial charge in [-0.05, 0) is 79.9 Å². The number of aromatic nitrogens is 4. The Morgan fingerprint density at radius 1 is 0.957 bits per heavy atom. The van der Waals surface area contributed by atoms with Crippen molar-refractivity contribution in [3.8, 4) is 0 Å². The Morgan fingerprint density at radius 2 is 1.57 bits per heavy atom. The van der Waals surface area contributed by atoms with Gasteiger partial charge >= 0.3 is 24.6 Å². The molecule has 9 nitrogen and oxygen atoms in total. The van der Waals surface area contributed by atoms with Gasteiger partial charge in [-0.1, -0.05) is 5.10 Å². The van der Waals surface area contributed by atoms with E-state index in [-0.39, 0.29) is 35.7 Å². The number of nitrogens with one attached hydrogen (secondary N) is 1. The second-order valence-electron chi connectivity index (χ2n) is 11.4. The van der Waals surface area contributed by atoms with Gasteiger partial charge in [0, 0.05) is 25.7 Å². The van der Waals surface area contributed by atoms with E-state index in [9.17, 15) is 44.3 Å². The number of halogens is 9. The van der Waals surface area contributed by atoms with Crippen LogP contribution in [0.5, 0.6) is 0 Å². The Kier molecular flexibility index (Phi) is 8.63. The van der Waals surface area contributed by atoms with E-state index < -0.39 is 71.6 Å². The highest BCUT2D eigenvalue weighted by atomic mass is 19.4. The summed E-state index contributed by atoms with van der Waals surface area (Å²) < 4.78 is 129. The average molecular weight is 666 g/mol. The van der Waals surface area contributed by atoms with Crippen molar-refractivity contribution in [1.82, 2.24) is 25.5 Å². The van der Waals surface area contributed by atoms with E-state index in [1.807, 2.05) is 0 Å². The third-order valence-corrected chi connectivity index (χ3v) is 7.65. The molecule has 0 bridgehead atoms. The maximum Gasteiger partial charge on any atom is 0.416 e. The molecule has 1 aromatic heterocycles. The molecule has 3 aromatic rings. The van der Waals surface area contributed by atoms with Crippen LogP contribution >= 0.6 is 0 Å². The summed E-state index contributed by atoms with van der Waals surface area (Å²) in [6, 6.07) is 1.55. The highest BCUT2D eigenvalue weighted by Gasteiger charge is 2.42. The third-order valence-electron chi connectivity index (χ3n) is 7.65. The molecule has 5 rings (SSSR count). The summed E-state index contributed by atoms with van der Waals surface area (Å²) in [5.41, 5.74) is -4.73. The van der Waals surface area contributed by atoms with Gasteiger partial charge in [0.15, 0.2) is 0 Å². The Labute approximate surface area is 256 Å². The molecule has 3 heterocycles. The number of amides is 1. The van der Waals surface area contributed by atoms with E-state index in [2.05, 4.69) is 20.7 Å². The smallest absolute Gasteiger partial charge is 0.416 e. The second kappa shape index (κ2) is 11.9. The number of fused-ring (bicyclic) bond motifs is 1. The highest BCUT2D eigenvalue weighted by Crippen LogP contribution is 2.45. The molecule has 2 aromatic carbocycles. The van der Waals surface area contributed by atoms with Crippen LogP contribution < -0.4 is 15.1 Å². The molecule has 1 N–H and O–H groups in total. The molecular formula is C28H28F9N7O2. The van der Waals surface area contributed by atoms with Crippen molar-refractivity contribution in [3.63, 3.8) is 0 Å². The van der Waals surface area contributed by atoms with E-state index in [0.29, 0.717) is 25.2 Å². The van der Waals surface area contributed by atoms with Crippen LogP contribution in [-0.4, -0.2) is 51.5 Å². The fourth-order valence-electron chi connectivity index (χ4n) is 5.39. The Hall–Kier alpha value is -4.09. The maximum atomic E-state index is 13.9. The lowest BCUT2D eigenvalue weighted by Crippen LogP contribution is -2.47. The summed E-state index contributed by atoms with van der Waals surface area (Å²) in [5.74, 6) is -0.239. The van der Waals surface area contributed by atoms with E-state index in [1.54, 1.807) is 20.8 Å². The van der Waals surface area contributed by atoms with Crippen LogP contribution in [0.15, 0.2) is 36.4 Å². The first-order chi connectivity index (χ1) is 21.3. The van der Waals surface area contributed by atoms with Crippen LogP contribution in [0.2, 0.25) is 0 Å². The van der Waals surface area contributed by atoms with Crippen LogP contribution in [-0.2, 0) is 29.8 Å². The first-order valence-electron chi connectivity index (χ1n) is 14.1. The van der Waals surface area contributed by atoms with Crippen LogP contribution in [0.4, 0.5) is 55.9 Å². The van der Waals surface area contributed by atoms with E-state index in [0.717, 1.165) is 18.2 Å². The lowest BCUT2D eigenvalue weighted by molar-refractivity contribution is -0.143. The Bertz CT molecular complexity index is 1550. The zero-order chi connectivity index (χ0) is 33.8. The van der Waals surface area contributed by atoms with E-state index in [4.69, 9.17) is 4.74 Å². The molecule has 0 radical (unpaired) electrons. The Morgan fingerprint density at radius 3 is 2.09 bits per heavy atom. The van der Waals surface area contributed by atoms with Gasteiger partial charge in [0.2, 0.25) is 0 Å². The normalized spacial score (nSPS) is 19.2. The van der Waals surface area contributed by atoms with Crippen molar-refractivity contribution in [2.75, 3.05) is 22.9 Å². The van der Waals surface area contributed by atoms with E-state index in [1.165, 1.54) is 14.6 Å². The van der Waals surface area contributed by atoms with Crippen molar-refractivity contribution in [2.24, 2.45) is 0 Å². The predicted molar refractivity (Wildman–Crippen MR) is 145 cm³/mol. The van der Waals surface area contributed by atoms with Gasteiger partial charge in [0.25, 0.3) is 5.95 Å². The zero-order valence-corrected chi connectivity index (χ0v) is 24.5. The molecule has 0 spiro atoms. The molecule has 0 unspecified atom stereocenters. The first kappa shape index (κ1) is 33.3. The number of nitrogens with zero attached hydrogens (tertiary/aromatic N) is 6. The molecule has 2 aliphatic heterocycles. The number of hydrogen-bond acceptors (Lipinski definition) is 7. The molecular weight excluding hydrogens is 637 g/mol. The van der Waals surface area contributed by atoms with Crippen molar-refractivity contribution in [2.45, 2.75) is 76.5 Å². The molecule has 1 amide bonds. The standard InChI is InChI=1S/C28H28F9N7O2/c1-14(2)46-25(45)43-15(3)6-23(21-10-17(26(29,30)31)4-5-22(21)43)42(24-39-41-44(40-24)20-11-38-12-20)13-16-7-18(27(32,33)34)9-19(8-16)28(35,36)37/h4-5,7-10,14-15,20,23,38H,6,11-13H2,1-3H3/t15-,23+/m1/s1. The monoisotopic (exact) mass is 665 g/mol. The fourth-order valence-corrected chi connectivity index (χ4v) is 5.39. The summed E-state index contributed by atoms with van der Waals surface area (Å²) in [4.78, 5) is 16.7. The van der Waals surface area contributed by atoms with Crippen molar-refractivity contribution >= 4 is 17.7 Å². The van der Waals surface area contributed by atoms with Gasteiger partial charge in [-0.25, -0.2) is 4.79 Å². The van der Waals surface area contributed by atoms with Crippen LogP contribution in [0.25, 0.3) is 0 Å². The molecule has 2 atom stereocenters. The largest absolute Gasteiger partial charge is 0.446 e. The number of carbonyl (C=O) groups excluding carboxylic acids is 1. The lowest BCUT2D eigenvalue weighted by Gasteiger charge is -2.43. The number of ether oxygens (including phenoxy) is 1. The number of carbonyl (C=O) groups is 1. The number of anilines is 2. The van der Waals surface area contributed by atoms with E-state index >= 15 is 0 Å². The Balaban J connectivity index is 1.68. The van der Waals surface area contributed by atoms with Gasteiger partial charge in [-0.15, -0.1) is 5.10 Å². The summed E-state index contributed by atoms with van der Waals surface area (Å²) in [7, 11) is 0. The van der Waals surface area contributed by atoms with Crippen molar-refractivity contribution in [1.29, 1.82) is 0 Å². The second-order valence-corrected chi connectivity index (χ2v) is 11.4. The molecule has 1 saturated heterocycles. The minimum Gasteiger partial charge on any atom is -0.446 e. The number of alkyl halides is 9. The molecule has 2 aliphatic rings. The number of tetrazole rings is 1. The minimum atomic E-state index is -5.13. The maximum absolute atomic E-state index is 13.9. The summed E-state index contributed by atoms with van der Waals surface area (Å²) in [5, 5.41) is 15.3. The predicted octanol–water partition coefficient (Wildman–Crippen LogP) is 6.77. The fraction of sp³-hybridized carbons (Fsp3) is 0.500. The van der Waals surface area contributed by atoms with Gasteiger partial charge in [0.05, 0.1) is 40.6 Å². The summed E-state index contributed by atoms with van der Waals surface area (Å²) >= 11 is 0. The third kappa shape index (κ3) is 6.85. The topological polar surface area (TPSA) is 88.4 Å². The van der Waals surface area contributed by atoms with Crippen molar-refractivity contribution < 1.29 is 49.0 Å². The van der Waals surface area contributed by atoms with Crippen LogP contribution in [0.1, 0.15) is 67.1 Å². The van der Waals surface area contributed by atoms with Crippen molar-refractivity contribution in [3.05, 3.63) is 64.2 Å². The number of rotatable bonds is 6. The highest BCUT2D eigenvalue weighted by molar-refractivity contribution is 5.90. The zero-order valence-electron chi connectivity index (χ0n) is 24.5. The van der Waals surface area contributed by atoms with Crippen LogP contribution in [0.3, 0.4) is 0 Å². The SMILES string of the molecule is CC(C)OC(=O)N1c2ccc(C(F)(F)F)cc2[C@@H](N(Cc2cc(C(F)(F)F)cc(C(F)(F)F)c2)c2nnn(C3CNC3)n2)C[C@H]1C. The molecule has 1 fully saturated rings. The summed E-state index contributed by atoms with van der Waals surface area (Å²) in [6.07, 6.45) is -16.6. The van der Waals surface area contributed by atoms with Gasteiger partial charge in [-0.2, -0.15) is 44.3 Å². The summed E-state index contributed by atoms with van der Waals surface area (Å²) in [6.45, 7) is 5.01. The molecule has 0 saturated carbocycles. The lowest BCUT2D eigenvalue weighted by atomic mass is 9.89. The number of hydrogen-bond donors (Lipinski definition) is 1. The molecule has 0 aliphatic carbocycles. The molecule has 46 heavy (non-hydrogen) atoms. The average Bonchev–Trinajstić information content (AvgIpc) is 3.37.